The molecule has 2 aromatic carbocycles. The Morgan fingerprint density at radius 2 is 1.79 bits per heavy atom. The number of aryl methyl sites for hydroxylation is 1. The average molecular weight is 679 g/mol. The second-order valence-electron chi connectivity index (χ2n) is 12.6. The van der Waals surface area contributed by atoms with E-state index in [4.69, 9.17) is 18.9 Å². The first-order valence-electron chi connectivity index (χ1n) is 15.4. The number of alkyl halides is 3. The number of phenols is 1. The molecule has 6 rings (SSSR count). The van der Waals surface area contributed by atoms with Crippen LogP contribution < -0.4 is 29.6 Å². The van der Waals surface area contributed by atoms with Gasteiger partial charge >= 0.3 is 18.1 Å². The van der Waals surface area contributed by atoms with Gasteiger partial charge in [0.15, 0.2) is 23.0 Å². The topological polar surface area (TPSA) is 159 Å². The molecule has 4 aliphatic heterocycles. The molecule has 6 atom stereocenters. The van der Waals surface area contributed by atoms with Gasteiger partial charge in [0.1, 0.15) is 18.0 Å². The highest BCUT2D eigenvalue weighted by Gasteiger charge is 2.56. The Balaban J connectivity index is 1.49. The molecule has 2 amide bonds. The van der Waals surface area contributed by atoms with Gasteiger partial charge in [0.2, 0.25) is 12.7 Å². The highest BCUT2D eigenvalue weighted by molar-refractivity contribution is 5.89. The fourth-order valence-corrected chi connectivity index (χ4v) is 7.81. The molecular weight excluding hydrogens is 641 g/mol. The molecule has 0 aliphatic carbocycles. The first-order chi connectivity index (χ1) is 22.6. The number of esters is 1. The lowest BCUT2D eigenvalue weighted by molar-refractivity contribution is -0.175. The number of carbonyl (C=O) groups excluding carboxylic acids is 3. The van der Waals surface area contributed by atoms with Crippen LogP contribution in [0.1, 0.15) is 59.3 Å². The van der Waals surface area contributed by atoms with Crippen LogP contribution in [-0.4, -0.2) is 95.8 Å². The van der Waals surface area contributed by atoms with Crippen LogP contribution >= 0.6 is 0 Å². The number of nitrogens with zero attached hydrogens (tertiary/aromatic N) is 2. The second-order valence-corrected chi connectivity index (χ2v) is 12.6. The summed E-state index contributed by atoms with van der Waals surface area (Å²) in [6.07, 6.45) is -5.76. The van der Waals surface area contributed by atoms with E-state index in [0.717, 1.165) is 18.1 Å². The van der Waals surface area contributed by atoms with Crippen molar-refractivity contribution in [1.82, 2.24) is 20.4 Å². The van der Waals surface area contributed by atoms with Crippen LogP contribution in [0, 0.1) is 13.8 Å². The monoisotopic (exact) mass is 678 g/mol. The number of rotatable bonds is 6. The number of halogens is 3. The first-order valence-corrected chi connectivity index (χ1v) is 15.4. The molecule has 2 bridgehead atoms. The number of aliphatic hydroxyl groups is 1. The minimum absolute atomic E-state index is 0.0360. The molecule has 4 aliphatic rings. The van der Waals surface area contributed by atoms with Crippen molar-refractivity contribution in [3.63, 3.8) is 0 Å². The standard InChI is InChI=1S/C32H37F3N4O9/c1-12-7-16-8-19-30(43)39-18(23(38(19)5)21(16)24(41)25(12)45-6)9-17-22(28-27(46-11-47-28)13(2)26(17)48-15(4)40)20(39)10-36-29(42)14(3)37-31(44)32(33,34)35/h7,14,18-20,23,30,41,43H,8-11H2,1-6H3,(H,36,42)(H,37,44)/t14-,18?,19+,20-,23+,30?/m0/s1. The summed E-state index contributed by atoms with van der Waals surface area (Å²) >= 11 is 0. The van der Waals surface area contributed by atoms with E-state index >= 15 is 0 Å². The minimum atomic E-state index is -5.18. The zero-order valence-electron chi connectivity index (χ0n) is 27.2. The normalized spacial score (nSPS) is 24.9. The summed E-state index contributed by atoms with van der Waals surface area (Å²) < 4.78 is 61.7. The van der Waals surface area contributed by atoms with Gasteiger partial charge in [-0.25, -0.2) is 0 Å². The van der Waals surface area contributed by atoms with E-state index in [9.17, 15) is 37.8 Å². The van der Waals surface area contributed by atoms with Gasteiger partial charge in [-0.05, 0) is 51.8 Å². The zero-order chi connectivity index (χ0) is 35.0. The van der Waals surface area contributed by atoms with Crippen LogP contribution in [0.2, 0.25) is 0 Å². The third kappa shape index (κ3) is 5.26. The molecule has 1 fully saturated rings. The number of nitrogens with one attached hydrogen (secondary N) is 2. The average Bonchev–Trinajstić information content (AvgIpc) is 3.50. The highest BCUT2D eigenvalue weighted by atomic mass is 19.4. The summed E-state index contributed by atoms with van der Waals surface area (Å²) in [5.74, 6) is -2.61. The Morgan fingerprint density at radius 3 is 2.44 bits per heavy atom. The number of aromatic hydroxyl groups is 1. The molecule has 48 heavy (non-hydrogen) atoms. The Bertz CT molecular complexity index is 1700. The van der Waals surface area contributed by atoms with Gasteiger partial charge in [0.05, 0.1) is 25.2 Å². The molecular formula is C32H37F3N4O9. The van der Waals surface area contributed by atoms with Crippen LogP contribution in [-0.2, 0) is 27.2 Å². The largest absolute Gasteiger partial charge is 0.504 e. The van der Waals surface area contributed by atoms with Gasteiger partial charge in [0.25, 0.3) is 0 Å². The molecule has 2 unspecified atom stereocenters. The van der Waals surface area contributed by atoms with Crippen molar-refractivity contribution in [1.29, 1.82) is 0 Å². The Hall–Kier alpha value is -4.28. The highest BCUT2D eigenvalue weighted by Crippen LogP contribution is 2.58. The number of benzene rings is 2. The van der Waals surface area contributed by atoms with E-state index in [2.05, 4.69) is 5.32 Å². The molecule has 4 heterocycles. The van der Waals surface area contributed by atoms with Crippen LogP contribution in [0.3, 0.4) is 0 Å². The van der Waals surface area contributed by atoms with Crippen molar-refractivity contribution < 1.29 is 56.7 Å². The minimum Gasteiger partial charge on any atom is -0.504 e. The van der Waals surface area contributed by atoms with Crippen molar-refractivity contribution in [2.45, 2.75) is 83.1 Å². The van der Waals surface area contributed by atoms with Gasteiger partial charge in [-0.2, -0.15) is 13.2 Å². The Labute approximate surface area is 273 Å². The molecule has 16 heteroatoms. The summed E-state index contributed by atoms with van der Waals surface area (Å²) in [7, 11) is 3.31. The molecule has 0 saturated carbocycles. The number of hydrogen-bond donors (Lipinski definition) is 4. The lowest BCUT2D eigenvalue weighted by atomic mass is 9.73. The van der Waals surface area contributed by atoms with Crippen molar-refractivity contribution >= 4 is 17.8 Å². The summed E-state index contributed by atoms with van der Waals surface area (Å²) in [6, 6.07) is -2.09. The molecule has 13 nitrogen and oxygen atoms in total. The van der Waals surface area contributed by atoms with Crippen molar-refractivity contribution in [3.05, 3.63) is 39.4 Å². The molecule has 260 valence electrons. The number of phenolic OH excluding ortho intramolecular Hbond substituents is 1. The molecule has 4 N–H and O–H groups in total. The number of aliphatic hydroxyl groups excluding tert-OH is 1. The zero-order valence-corrected chi connectivity index (χ0v) is 27.2. The molecule has 0 radical (unpaired) electrons. The SMILES string of the molecule is COc1c(C)cc2c(c1O)[C@H]1C3Cc4c(OC(C)=O)c(C)c5c(c4[C@H](CNC(=O)[C@H](C)NC(=O)C(F)(F)F)N3C(O)[C@@H](C2)N1C)OCO5. The predicted octanol–water partition coefficient (Wildman–Crippen LogP) is 2.05. The summed E-state index contributed by atoms with van der Waals surface area (Å²) in [4.78, 5) is 40.8. The van der Waals surface area contributed by atoms with Gasteiger partial charge in [-0.15, -0.1) is 0 Å². The van der Waals surface area contributed by atoms with Crippen LogP contribution in [0.25, 0.3) is 0 Å². The third-order valence-electron chi connectivity index (χ3n) is 9.81. The van der Waals surface area contributed by atoms with Crippen molar-refractivity contribution in [2.75, 3.05) is 27.5 Å². The Kier molecular flexibility index (Phi) is 8.40. The molecule has 0 aromatic heterocycles. The molecule has 2 aromatic rings. The smallest absolute Gasteiger partial charge is 0.471 e. The lowest BCUT2D eigenvalue weighted by Crippen LogP contribution is -2.69. The lowest BCUT2D eigenvalue weighted by Gasteiger charge is -2.60. The fourth-order valence-electron chi connectivity index (χ4n) is 7.81. The third-order valence-corrected chi connectivity index (χ3v) is 9.81. The molecule has 0 spiro atoms. The van der Waals surface area contributed by atoms with E-state index in [1.165, 1.54) is 14.0 Å². The number of amides is 2. The number of fused-ring (bicyclic) bond motifs is 9. The Morgan fingerprint density at radius 1 is 1.10 bits per heavy atom. The quantitative estimate of drug-likeness (QED) is 0.262. The van der Waals surface area contributed by atoms with Gasteiger partial charge in [0, 0.05) is 41.8 Å². The van der Waals surface area contributed by atoms with Crippen molar-refractivity contribution in [3.8, 4) is 28.7 Å². The maximum Gasteiger partial charge on any atom is 0.471 e. The fraction of sp³-hybridized carbons (Fsp3) is 0.531. The summed E-state index contributed by atoms with van der Waals surface area (Å²) in [5, 5.41) is 28.0. The van der Waals surface area contributed by atoms with E-state index in [1.807, 2.05) is 24.9 Å². The second kappa shape index (κ2) is 12.0. The van der Waals surface area contributed by atoms with Gasteiger partial charge < -0.3 is 39.8 Å². The van der Waals surface area contributed by atoms with E-state index < -0.39 is 60.4 Å². The van der Waals surface area contributed by atoms with Gasteiger partial charge in [-0.3, -0.25) is 24.2 Å². The van der Waals surface area contributed by atoms with E-state index in [-0.39, 0.29) is 31.3 Å². The van der Waals surface area contributed by atoms with Crippen molar-refractivity contribution in [2.24, 2.45) is 0 Å². The maximum atomic E-state index is 13.1. The van der Waals surface area contributed by atoms with Crippen LogP contribution in [0.5, 0.6) is 28.7 Å². The summed E-state index contributed by atoms with van der Waals surface area (Å²) in [6.45, 7) is 5.52. The van der Waals surface area contributed by atoms with Crippen LogP contribution in [0.4, 0.5) is 13.2 Å². The number of piperazine rings is 1. The maximum absolute atomic E-state index is 13.1. The number of methoxy groups -OCH3 is 1. The van der Waals surface area contributed by atoms with Crippen LogP contribution in [0.15, 0.2) is 6.07 Å². The molecule has 1 saturated heterocycles. The number of carbonyl (C=O) groups is 3. The number of likely N-dealkylation sites (N-methyl/N-ethyl adjacent to an activating group) is 1. The summed E-state index contributed by atoms with van der Waals surface area (Å²) in [5.41, 5.74) is 3.70. The number of hydrogen-bond acceptors (Lipinski definition) is 11. The number of ether oxygens (including phenoxy) is 4. The van der Waals surface area contributed by atoms with Gasteiger partial charge in [-0.1, -0.05) is 6.07 Å². The van der Waals surface area contributed by atoms with E-state index in [0.29, 0.717) is 45.9 Å². The van der Waals surface area contributed by atoms with E-state index in [1.54, 1.807) is 17.1 Å². The predicted molar refractivity (Wildman–Crippen MR) is 161 cm³/mol. The first kappa shape index (κ1) is 33.6.